The predicted octanol–water partition coefficient (Wildman–Crippen LogP) is 2.03. The Morgan fingerprint density at radius 2 is 2.21 bits per heavy atom. The molecule has 3 rings (SSSR count). The van der Waals surface area contributed by atoms with Crippen LogP contribution >= 0.6 is 0 Å². The molecule has 0 aromatic carbocycles. The summed E-state index contributed by atoms with van der Waals surface area (Å²) in [5.74, 6) is 0.836. The minimum Gasteiger partial charge on any atom is -0.367 e. The van der Waals surface area contributed by atoms with Crippen molar-refractivity contribution >= 4 is 5.82 Å². The molecular formula is C14H19N5. The van der Waals surface area contributed by atoms with E-state index in [-0.39, 0.29) is 0 Å². The molecule has 0 spiro atoms. The summed E-state index contributed by atoms with van der Waals surface area (Å²) in [7, 11) is 0. The highest BCUT2D eigenvalue weighted by atomic mass is 15.2. The van der Waals surface area contributed by atoms with Crippen molar-refractivity contribution in [1.82, 2.24) is 20.5 Å². The smallest absolute Gasteiger partial charge is 0.148 e. The van der Waals surface area contributed by atoms with Gasteiger partial charge in [-0.1, -0.05) is 6.42 Å². The number of aromatic nitrogens is 3. The Labute approximate surface area is 112 Å². The molecule has 19 heavy (non-hydrogen) atoms. The second-order valence-corrected chi connectivity index (χ2v) is 4.92. The van der Waals surface area contributed by atoms with Gasteiger partial charge in [-0.15, -0.1) is 10.2 Å². The van der Waals surface area contributed by atoms with Crippen LogP contribution in [-0.2, 0) is 0 Å². The Kier molecular flexibility index (Phi) is 3.74. The predicted molar refractivity (Wildman–Crippen MR) is 76.0 cm³/mol. The molecule has 0 aliphatic carbocycles. The molecule has 0 amide bonds. The molecule has 2 aromatic rings. The highest BCUT2D eigenvalue weighted by Crippen LogP contribution is 2.14. The van der Waals surface area contributed by atoms with Gasteiger partial charge in [-0.3, -0.25) is 0 Å². The topological polar surface area (TPSA) is 65.6 Å². The average Bonchev–Trinajstić information content (AvgIpc) is 3.01. The van der Waals surface area contributed by atoms with Crippen molar-refractivity contribution in [1.29, 1.82) is 0 Å². The lowest BCUT2D eigenvalue weighted by molar-refractivity contribution is 0.414. The first-order valence-corrected chi connectivity index (χ1v) is 6.86. The van der Waals surface area contributed by atoms with E-state index in [0.29, 0.717) is 6.04 Å². The number of hydrogen-bond donors (Lipinski definition) is 3. The Hall–Kier alpha value is -1.88. The molecule has 5 nitrogen and oxygen atoms in total. The molecule has 1 fully saturated rings. The van der Waals surface area contributed by atoms with Crippen LogP contribution in [0.5, 0.6) is 0 Å². The van der Waals surface area contributed by atoms with Crippen molar-refractivity contribution in [3.8, 4) is 11.4 Å². The van der Waals surface area contributed by atoms with Crippen molar-refractivity contribution < 1.29 is 0 Å². The van der Waals surface area contributed by atoms with Gasteiger partial charge in [-0.25, -0.2) is 0 Å². The summed E-state index contributed by atoms with van der Waals surface area (Å²) in [5, 5.41) is 15.3. The second kappa shape index (κ2) is 5.84. The van der Waals surface area contributed by atoms with Crippen LogP contribution in [0, 0.1) is 0 Å². The summed E-state index contributed by atoms with van der Waals surface area (Å²) in [6, 6.07) is 8.46. The highest BCUT2D eigenvalue weighted by molar-refractivity contribution is 5.54. The number of aromatic amines is 1. The van der Waals surface area contributed by atoms with Gasteiger partial charge in [0, 0.05) is 18.8 Å². The van der Waals surface area contributed by atoms with E-state index >= 15 is 0 Å². The van der Waals surface area contributed by atoms with Crippen LogP contribution in [0.1, 0.15) is 19.3 Å². The summed E-state index contributed by atoms with van der Waals surface area (Å²) in [6.07, 6.45) is 5.73. The van der Waals surface area contributed by atoms with Crippen molar-refractivity contribution in [3.63, 3.8) is 0 Å². The Balaban J connectivity index is 1.57. The van der Waals surface area contributed by atoms with Gasteiger partial charge in [0.2, 0.25) is 0 Å². The number of hydrogen-bond acceptors (Lipinski definition) is 4. The molecule has 1 atom stereocenters. The third-order valence-corrected chi connectivity index (χ3v) is 3.48. The number of nitrogens with zero attached hydrogens (tertiary/aromatic N) is 2. The van der Waals surface area contributed by atoms with E-state index < -0.39 is 0 Å². The first-order valence-electron chi connectivity index (χ1n) is 6.86. The summed E-state index contributed by atoms with van der Waals surface area (Å²) < 4.78 is 0. The first-order chi connectivity index (χ1) is 9.42. The molecule has 1 unspecified atom stereocenters. The molecule has 0 radical (unpaired) electrons. The van der Waals surface area contributed by atoms with Crippen LogP contribution in [0.3, 0.4) is 0 Å². The van der Waals surface area contributed by atoms with Gasteiger partial charge < -0.3 is 15.6 Å². The fraction of sp³-hybridized carbons (Fsp3) is 0.429. The lowest BCUT2D eigenvalue weighted by Crippen LogP contribution is -2.39. The van der Waals surface area contributed by atoms with Crippen LogP contribution < -0.4 is 10.6 Å². The van der Waals surface area contributed by atoms with Crippen LogP contribution in [0.15, 0.2) is 30.5 Å². The molecule has 2 aromatic heterocycles. The van der Waals surface area contributed by atoms with Crippen LogP contribution in [-0.4, -0.2) is 34.3 Å². The zero-order chi connectivity index (χ0) is 12.9. The molecule has 0 bridgehead atoms. The second-order valence-electron chi connectivity index (χ2n) is 4.92. The van der Waals surface area contributed by atoms with E-state index in [0.717, 1.165) is 30.3 Å². The molecule has 3 heterocycles. The van der Waals surface area contributed by atoms with E-state index in [9.17, 15) is 0 Å². The number of piperidine rings is 1. The van der Waals surface area contributed by atoms with Gasteiger partial charge in [0.1, 0.15) is 11.5 Å². The molecule has 0 saturated carbocycles. The molecule has 1 aliphatic rings. The fourth-order valence-electron chi connectivity index (χ4n) is 2.39. The van der Waals surface area contributed by atoms with Gasteiger partial charge in [0.25, 0.3) is 0 Å². The highest BCUT2D eigenvalue weighted by Gasteiger charge is 2.12. The van der Waals surface area contributed by atoms with Gasteiger partial charge in [0.15, 0.2) is 0 Å². The molecule has 3 N–H and O–H groups in total. The Bertz CT molecular complexity index is 485. The van der Waals surface area contributed by atoms with E-state index in [1.54, 1.807) is 0 Å². The van der Waals surface area contributed by atoms with Crippen LogP contribution in [0.25, 0.3) is 11.4 Å². The quantitative estimate of drug-likeness (QED) is 0.784. The van der Waals surface area contributed by atoms with E-state index in [4.69, 9.17) is 0 Å². The SMILES string of the molecule is c1c[nH]c(-c2ccc(NCC3CCCCN3)nn2)c1. The van der Waals surface area contributed by atoms with Crippen molar-refractivity contribution in [2.45, 2.75) is 25.3 Å². The number of H-pyrrole nitrogens is 1. The molecule has 5 heteroatoms. The first kappa shape index (κ1) is 12.2. The molecular weight excluding hydrogens is 238 g/mol. The standard InChI is InChI=1S/C14H19N5/c1-2-8-15-11(4-1)10-17-14-7-6-13(18-19-14)12-5-3-9-16-12/h3,5-7,9,11,15-16H,1-2,4,8,10H2,(H,17,19). The fourth-order valence-corrected chi connectivity index (χ4v) is 2.39. The Morgan fingerprint density at radius 3 is 2.89 bits per heavy atom. The lowest BCUT2D eigenvalue weighted by atomic mass is 10.1. The third kappa shape index (κ3) is 3.12. The third-order valence-electron chi connectivity index (χ3n) is 3.48. The maximum atomic E-state index is 4.22. The lowest BCUT2D eigenvalue weighted by Gasteiger charge is -2.23. The van der Waals surface area contributed by atoms with Gasteiger partial charge in [0.05, 0.1) is 5.69 Å². The van der Waals surface area contributed by atoms with E-state index in [1.807, 2.05) is 30.5 Å². The van der Waals surface area contributed by atoms with Crippen molar-refractivity contribution in [2.24, 2.45) is 0 Å². The largest absolute Gasteiger partial charge is 0.367 e. The monoisotopic (exact) mass is 257 g/mol. The van der Waals surface area contributed by atoms with Gasteiger partial charge in [-0.2, -0.15) is 0 Å². The van der Waals surface area contributed by atoms with Gasteiger partial charge >= 0.3 is 0 Å². The summed E-state index contributed by atoms with van der Waals surface area (Å²) >= 11 is 0. The van der Waals surface area contributed by atoms with Crippen LogP contribution in [0.2, 0.25) is 0 Å². The minimum atomic E-state index is 0.554. The molecule has 1 saturated heterocycles. The zero-order valence-corrected chi connectivity index (χ0v) is 10.9. The number of nitrogens with one attached hydrogen (secondary N) is 3. The van der Waals surface area contributed by atoms with Crippen molar-refractivity contribution in [3.05, 3.63) is 30.5 Å². The normalized spacial score (nSPS) is 19.3. The number of rotatable bonds is 4. The molecule has 100 valence electrons. The van der Waals surface area contributed by atoms with Crippen molar-refractivity contribution in [2.75, 3.05) is 18.4 Å². The average molecular weight is 257 g/mol. The molecule has 1 aliphatic heterocycles. The Morgan fingerprint density at radius 1 is 1.21 bits per heavy atom. The maximum Gasteiger partial charge on any atom is 0.148 e. The minimum absolute atomic E-state index is 0.554. The maximum absolute atomic E-state index is 4.22. The van der Waals surface area contributed by atoms with E-state index in [2.05, 4.69) is 25.8 Å². The van der Waals surface area contributed by atoms with Crippen LogP contribution in [0.4, 0.5) is 5.82 Å². The summed E-state index contributed by atoms with van der Waals surface area (Å²) in [6.45, 7) is 2.04. The zero-order valence-electron chi connectivity index (χ0n) is 10.9. The summed E-state index contributed by atoms with van der Waals surface area (Å²) in [5.41, 5.74) is 1.86. The van der Waals surface area contributed by atoms with Gasteiger partial charge in [-0.05, 0) is 43.7 Å². The number of anilines is 1. The van der Waals surface area contributed by atoms with E-state index in [1.165, 1.54) is 19.3 Å². The summed E-state index contributed by atoms with van der Waals surface area (Å²) in [4.78, 5) is 3.12.